The zero-order valence-electron chi connectivity index (χ0n) is 19.7. The molecule has 0 saturated carbocycles. The molecule has 1 aromatic carbocycles. The van der Waals surface area contributed by atoms with Crippen molar-refractivity contribution >= 4 is 29.2 Å². The SMILES string of the molecule is CCC[C@]1(C2CCN(C(=O)c3ccc(C)cc3C)CC2)NC(=O)N(CCc2cccs2)C1=O. The maximum atomic E-state index is 13.6. The highest BCUT2D eigenvalue weighted by molar-refractivity contribution is 7.09. The second-order valence-corrected chi connectivity index (χ2v) is 10.4. The van der Waals surface area contributed by atoms with Gasteiger partial charge in [0.05, 0.1) is 0 Å². The van der Waals surface area contributed by atoms with Crippen LogP contribution in [0.2, 0.25) is 0 Å². The molecule has 0 unspecified atom stereocenters. The van der Waals surface area contributed by atoms with E-state index in [1.165, 1.54) is 9.78 Å². The van der Waals surface area contributed by atoms with Crippen LogP contribution in [-0.2, 0) is 11.2 Å². The number of imide groups is 1. The highest BCUT2D eigenvalue weighted by atomic mass is 32.1. The summed E-state index contributed by atoms with van der Waals surface area (Å²) < 4.78 is 0. The molecule has 2 aliphatic rings. The standard InChI is InChI=1S/C26H33N3O3S/c1-4-12-26(24(31)29(25(32)27-26)15-11-21-6-5-16-33-21)20-9-13-28(14-10-20)23(30)22-8-7-18(2)17-19(22)3/h5-8,16-17,20H,4,9-15H2,1-3H3,(H,27,32)/t26-/m1/s1. The number of aryl methyl sites for hydroxylation is 2. The van der Waals surface area contributed by atoms with E-state index in [-0.39, 0.29) is 23.8 Å². The quantitative estimate of drug-likeness (QED) is 0.608. The predicted octanol–water partition coefficient (Wildman–Crippen LogP) is 4.55. The van der Waals surface area contributed by atoms with Gasteiger partial charge in [0, 0.05) is 30.1 Å². The lowest BCUT2D eigenvalue weighted by atomic mass is 9.74. The molecule has 6 nitrogen and oxygen atoms in total. The van der Waals surface area contributed by atoms with Crippen LogP contribution in [0.4, 0.5) is 4.79 Å². The van der Waals surface area contributed by atoms with Gasteiger partial charge in [-0.25, -0.2) is 4.79 Å². The number of urea groups is 1. The van der Waals surface area contributed by atoms with Gasteiger partial charge in [0.15, 0.2) is 0 Å². The Morgan fingerprint density at radius 1 is 1.18 bits per heavy atom. The molecule has 0 bridgehead atoms. The Hall–Kier alpha value is -2.67. The topological polar surface area (TPSA) is 69.7 Å². The first-order valence-corrected chi connectivity index (χ1v) is 12.8. The van der Waals surface area contributed by atoms with Crippen molar-refractivity contribution in [2.45, 2.75) is 58.4 Å². The van der Waals surface area contributed by atoms with Gasteiger partial charge in [-0.1, -0.05) is 37.1 Å². The van der Waals surface area contributed by atoms with Crippen LogP contribution in [0.3, 0.4) is 0 Å². The van der Waals surface area contributed by atoms with Crippen LogP contribution in [-0.4, -0.2) is 52.8 Å². The molecule has 2 aliphatic heterocycles. The fourth-order valence-electron chi connectivity index (χ4n) is 5.37. The van der Waals surface area contributed by atoms with Crippen molar-refractivity contribution < 1.29 is 14.4 Å². The maximum Gasteiger partial charge on any atom is 0.325 e. The van der Waals surface area contributed by atoms with E-state index in [0.717, 1.165) is 23.1 Å². The molecule has 0 aliphatic carbocycles. The van der Waals surface area contributed by atoms with Crippen molar-refractivity contribution in [2.24, 2.45) is 5.92 Å². The molecular weight excluding hydrogens is 434 g/mol. The van der Waals surface area contributed by atoms with Gasteiger partial charge in [-0.2, -0.15) is 0 Å². The van der Waals surface area contributed by atoms with Crippen molar-refractivity contribution in [3.63, 3.8) is 0 Å². The zero-order valence-corrected chi connectivity index (χ0v) is 20.5. The van der Waals surface area contributed by atoms with Gasteiger partial charge < -0.3 is 10.2 Å². The average molecular weight is 468 g/mol. The van der Waals surface area contributed by atoms with Gasteiger partial charge in [0.25, 0.3) is 11.8 Å². The molecule has 7 heteroatoms. The summed E-state index contributed by atoms with van der Waals surface area (Å²) in [6, 6.07) is 9.66. The molecule has 4 rings (SSSR count). The van der Waals surface area contributed by atoms with E-state index >= 15 is 0 Å². The summed E-state index contributed by atoms with van der Waals surface area (Å²) in [6.45, 7) is 7.65. The molecule has 176 valence electrons. The van der Waals surface area contributed by atoms with Crippen molar-refractivity contribution in [1.82, 2.24) is 15.1 Å². The van der Waals surface area contributed by atoms with E-state index in [1.54, 1.807) is 11.3 Å². The number of nitrogens with zero attached hydrogens (tertiary/aromatic N) is 2. The molecule has 1 N–H and O–H groups in total. The number of thiophene rings is 1. The number of nitrogens with one attached hydrogen (secondary N) is 1. The first-order valence-electron chi connectivity index (χ1n) is 11.9. The Labute approximate surface area is 200 Å². The summed E-state index contributed by atoms with van der Waals surface area (Å²) in [6.07, 6.45) is 3.54. The van der Waals surface area contributed by atoms with Crippen molar-refractivity contribution in [3.8, 4) is 0 Å². The monoisotopic (exact) mass is 467 g/mol. The highest BCUT2D eigenvalue weighted by Gasteiger charge is 2.55. The first kappa shape index (κ1) is 23.5. The first-order chi connectivity index (χ1) is 15.9. The van der Waals surface area contributed by atoms with Crippen LogP contribution >= 0.6 is 11.3 Å². The Bertz CT molecular complexity index is 1030. The summed E-state index contributed by atoms with van der Waals surface area (Å²) in [7, 11) is 0. The summed E-state index contributed by atoms with van der Waals surface area (Å²) >= 11 is 1.64. The minimum absolute atomic E-state index is 0.0313. The molecule has 2 aromatic rings. The number of amides is 4. The van der Waals surface area contributed by atoms with Crippen molar-refractivity contribution in [3.05, 3.63) is 57.3 Å². The lowest BCUT2D eigenvalue weighted by molar-refractivity contribution is -0.134. The Kier molecular flexibility index (Phi) is 6.88. The summed E-state index contributed by atoms with van der Waals surface area (Å²) in [4.78, 5) is 44.0. The number of carbonyl (C=O) groups excluding carboxylic acids is 3. The summed E-state index contributed by atoms with van der Waals surface area (Å²) in [5.41, 5.74) is 2.02. The van der Waals surface area contributed by atoms with Crippen LogP contribution in [0.25, 0.3) is 0 Å². The molecule has 1 aromatic heterocycles. The van der Waals surface area contributed by atoms with Gasteiger partial charge >= 0.3 is 6.03 Å². The van der Waals surface area contributed by atoms with Crippen molar-refractivity contribution in [2.75, 3.05) is 19.6 Å². The zero-order chi connectivity index (χ0) is 23.6. The van der Waals surface area contributed by atoms with Gasteiger partial charge in [0.1, 0.15) is 5.54 Å². The molecule has 3 heterocycles. The molecule has 1 atom stereocenters. The van der Waals surface area contributed by atoms with Crippen LogP contribution in [0, 0.1) is 19.8 Å². The maximum absolute atomic E-state index is 13.6. The molecule has 2 fully saturated rings. The Morgan fingerprint density at radius 2 is 1.94 bits per heavy atom. The molecule has 0 radical (unpaired) electrons. The number of rotatable bonds is 7. The predicted molar refractivity (Wildman–Crippen MR) is 130 cm³/mol. The second kappa shape index (κ2) is 9.67. The molecule has 33 heavy (non-hydrogen) atoms. The average Bonchev–Trinajstić information content (AvgIpc) is 3.39. The summed E-state index contributed by atoms with van der Waals surface area (Å²) in [5, 5.41) is 5.11. The lowest BCUT2D eigenvalue weighted by Crippen LogP contribution is -2.56. The van der Waals surface area contributed by atoms with Crippen LogP contribution in [0.1, 0.15) is 59.0 Å². The number of benzene rings is 1. The largest absolute Gasteiger partial charge is 0.339 e. The number of hydrogen-bond donors (Lipinski definition) is 1. The third-order valence-electron chi connectivity index (χ3n) is 7.10. The van der Waals surface area contributed by atoms with E-state index in [2.05, 4.69) is 5.32 Å². The third-order valence-corrected chi connectivity index (χ3v) is 8.04. The number of hydrogen-bond acceptors (Lipinski definition) is 4. The molecular formula is C26H33N3O3S. The summed E-state index contributed by atoms with van der Waals surface area (Å²) in [5.74, 6) is -0.0104. The number of likely N-dealkylation sites (tertiary alicyclic amines) is 1. The van der Waals surface area contributed by atoms with E-state index in [1.807, 2.05) is 61.4 Å². The number of carbonyl (C=O) groups is 3. The van der Waals surface area contributed by atoms with Crippen molar-refractivity contribution in [1.29, 1.82) is 0 Å². The van der Waals surface area contributed by atoms with E-state index in [4.69, 9.17) is 0 Å². The van der Waals surface area contributed by atoms with Crippen LogP contribution < -0.4 is 5.32 Å². The van der Waals surface area contributed by atoms with Gasteiger partial charge in [-0.3, -0.25) is 14.5 Å². The molecule has 4 amide bonds. The highest BCUT2D eigenvalue weighted by Crippen LogP contribution is 2.37. The van der Waals surface area contributed by atoms with Crippen LogP contribution in [0.15, 0.2) is 35.7 Å². The Balaban J connectivity index is 1.45. The van der Waals surface area contributed by atoms with Gasteiger partial charge in [0.2, 0.25) is 0 Å². The van der Waals surface area contributed by atoms with E-state index in [9.17, 15) is 14.4 Å². The van der Waals surface area contributed by atoms with Gasteiger partial charge in [-0.15, -0.1) is 11.3 Å². The Morgan fingerprint density at radius 3 is 2.58 bits per heavy atom. The fourth-order valence-corrected chi connectivity index (χ4v) is 6.07. The number of piperidine rings is 1. The molecule has 2 saturated heterocycles. The van der Waals surface area contributed by atoms with Crippen LogP contribution in [0.5, 0.6) is 0 Å². The smallest absolute Gasteiger partial charge is 0.325 e. The fraction of sp³-hybridized carbons (Fsp3) is 0.500. The third kappa shape index (κ3) is 4.56. The van der Waals surface area contributed by atoms with E-state index < -0.39 is 5.54 Å². The van der Waals surface area contributed by atoms with E-state index in [0.29, 0.717) is 45.3 Å². The lowest BCUT2D eigenvalue weighted by Gasteiger charge is -2.41. The minimum Gasteiger partial charge on any atom is -0.339 e. The molecule has 0 spiro atoms. The normalized spacial score (nSPS) is 21.5. The second-order valence-electron chi connectivity index (χ2n) is 9.32. The van der Waals surface area contributed by atoms with Gasteiger partial charge in [-0.05, 0) is 68.5 Å². The minimum atomic E-state index is -0.851.